The summed E-state index contributed by atoms with van der Waals surface area (Å²) in [6.45, 7) is 3.19. The van der Waals surface area contributed by atoms with Crippen LogP contribution >= 0.6 is 11.3 Å². The second-order valence-electron chi connectivity index (χ2n) is 6.78. The summed E-state index contributed by atoms with van der Waals surface area (Å²) in [5.74, 6) is 0.561. The van der Waals surface area contributed by atoms with Crippen molar-refractivity contribution in [3.63, 3.8) is 0 Å². The summed E-state index contributed by atoms with van der Waals surface area (Å²) < 4.78 is 1.30. The zero-order chi connectivity index (χ0) is 16.6. The van der Waals surface area contributed by atoms with Crippen molar-refractivity contribution >= 4 is 32.5 Å². The summed E-state index contributed by atoms with van der Waals surface area (Å²) in [6.07, 6.45) is 3.22. The minimum atomic E-state index is 0.561. The molecule has 2 aromatic heterocycles. The predicted octanol–water partition coefficient (Wildman–Crippen LogP) is 4.83. The molecule has 0 radical (unpaired) electrons. The van der Waals surface area contributed by atoms with Gasteiger partial charge in [0.25, 0.3) is 0 Å². The molecule has 0 N–H and O–H groups in total. The highest BCUT2D eigenvalue weighted by Gasteiger charge is 2.26. The number of nitrogens with zero attached hydrogens (tertiary/aromatic N) is 3. The second-order valence-corrected chi connectivity index (χ2v) is 7.84. The number of rotatable bonds is 3. The van der Waals surface area contributed by atoms with Crippen LogP contribution in [0.2, 0.25) is 0 Å². The summed E-state index contributed by atoms with van der Waals surface area (Å²) >= 11 is 1.85. The third-order valence-electron chi connectivity index (χ3n) is 4.99. The maximum Gasteiger partial charge on any atom is 0.0982 e. The Labute approximate surface area is 151 Å². The van der Waals surface area contributed by atoms with E-state index in [4.69, 9.17) is 4.98 Å². The Bertz CT molecular complexity index is 1010. The van der Waals surface area contributed by atoms with Crippen molar-refractivity contribution in [2.75, 3.05) is 13.1 Å². The van der Waals surface area contributed by atoms with Gasteiger partial charge in [-0.1, -0.05) is 30.3 Å². The standard InChI is InChI=1S/C21H19N3S/c1-2-6-18-16(5-1)11-15(12-22-18)13-24-10-9-17(14-24)21-23-19-7-3-4-8-20(19)25-21/h1-8,11-12,17H,9-10,13-14H2/t17-/m0/s1. The van der Waals surface area contributed by atoms with E-state index in [0.29, 0.717) is 5.92 Å². The van der Waals surface area contributed by atoms with Crippen LogP contribution in [-0.4, -0.2) is 28.0 Å². The maximum atomic E-state index is 4.86. The molecule has 3 nitrogen and oxygen atoms in total. The maximum absolute atomic E-state index is 4.86. The van der Waals surface area contributed by atoms with Gasteiger partial charge in [0.15, 0.2) is 0 Å². The van der Waals surface area contributed by atoms with Crippen LogP contribution in [-0.2, 0) is 6.54 Å². The van der Waals surface area contributed by atoms with Gasteiger partial charge in [0.1, 0.15) is 0 Å². The molecule has 4 aromatic rings. The molecule has 0 spiro atoms. The fourth-order valence-corrected chi connectivity index (χ4v) is 4.80. The first-order valence-corrected chi connectivity index (χ1v) is 9.58. The van der Waals surface area contributed by atoms with Crippen molar-refractivity contribution in [3.05, 3.63) is 71.4 Å². The molecule has 5 rings (SSSR count). The quantitative estimate of drug-likeness (QED) is 0.532. The number of likely N-dealkylation sites (tertiary alicyclic amines) is 1. The number of aromatic nitrogens is 2. The Hall–Kier alpha value is -2.30. The van der Waals surface area contributed by atoms with E-state index in [0.717, 1.165) is 30.7 Å². The largest absolute Gasteiger partial charge is 0.298 e. The minimum Gasteiger partial charge on any atom is -0.298 e. The van der Waals surface area contributed by atoms with E-state index in [1.807, 2.05) is 23.6 Å². The average molecular weight is 345 g/mol. The Morgan fingerprint density at radius 3 is 2.80 bits per heavy atom. The highest BCUT2D eigenvalue weighted by Crippen LogP contribution is 2.33. The lowest BCUT2D eigenvalue weighted by Crippen LogP contribution is -2.19. The Morgan fingerprint density at radius 2 is 1.88 bits per heavy atom. The molecular formula is C21H19N3S. The SMILES string of the molecule is c1ccc2ncc(CN3CC[C@H](c4nc5ccccc5s4)C3)cc2c1. The average Bonchev–Trinajstić information content (AvgIpc) is 3.28. The molecule has 0 saturated carbocycles. The highest BCUT2D eigenvalue weighted by atomic mass is 32.1. The van der Waals surface area contributed by atoms with Gasteiger partial charge in [0.05, 0.1) is 20.7 Å². The Kier molecular flexibility index (Phi) is 3.72. The molecule has 0 amide bonds. The van der Waals surface area contributed by atoms with Gasteiger partial charge in [0.2, 0.25) is 0 Å². The molecule has 1 fully saturated rings. The number of para-hydroxylation sites is 2. The molecule has 124 valence electrons. The summed E-state index contributed by atoms with van der Waals surface area (Å²) in [5.41, 5.74) is 3.50. The summed E-state index contributed by atoms with van der Waals surface area (Å²) in [7, 11) is 0. The number of fused-ring (bicyclic) bond motifs is 2. The first-order chi connectivity index (χ1) is 12.3. The first kappa shape index (κ1) is 15.0. The van der Waals surface area contributed by atoms with E-state index >= 15 is 0 Å². The third kappa shape index (κ3) is 2.92. The molecule has 0 aliphatic carbocycles. The van der Waals surface area contributed by atoms with Crippen LogP contribution in [0, 0.1) is 0 Å². The van der Waals surface area contributed by atoms with Gasteiger partial charge in [-0.15, -0.1) is 11.3 Å². The zero-order valence-corrected chi connectivity index (χ0v) is 14.7. The number of benzene rings is 2. The van der Waals surface area contributed by atoms with E-state index in [1.54, 1.807) is 0 Å². The fraction of sp³-hybridized carbons (Fsp3) is 0.238. The normalized spacial score (nSPS) is 18.3. The number of pyridine rings is 1. The van der Waals surface area contributed by atoms with Crippen LogP contribution < -0.4 is 0 Å². The molecule has 25 heavy (non-hydrogen) atoms. The molecule has 0 unspecified atom stereocenters. The molecule has 3 heterocycles. The summed E-state index contributed by atoms with van der Waals surface area (Å²) in [6, 6.07) is 19.0. The molecule has 4 heteroatoms. The van der Waals surface area contributed by atoms with Crippen molar-refractivity contribution in [1.82, 2.24) is 14.9 Å². The third-order valence-corrected chi connectivity index (χ3v) is 6.18. The summed E-state index contributed by atoms with van der Waals surface area (Å²) in [5, 5.41) is 2.52. The van der Waals surface area contributed by atoms with Crippen LogP contribution in [0.5, 0.6) is 0 Å². The molecule has 0 bridgehead atoms. The van der Waals surface area contributed by atoms with Crippen LogP contribution in [0.15, 0.2) is 60.8 Å². The highest BCUT2D eigenvalue weighted by molar-refractivity contribution is 7.18. The van der Waals surface area contributed by atoms with Crippen molar-refractivity contribution in [2.45, 2.75) is 18.9 Å². The Morgan fingerprint density at radius 1 is 1.04 bits per heavy atom. The molecule has 1 aliphatic rings. The van der Waals surface area contributed by atoms with E-state index in [-0.39, 0.29) is 0 Å². The van der Waals surface area contributed by atoms with Crippen LogP contribution in [0.3, 0.4) is 0 Å². The molecule has 1 atom stereocenters. The fourth-order valence-electron chi connectivity index (χ4n) is 3.70. The van der Waals surface area contributed by atoms with E-state index in [1.165, 1.54) is 27.1 Å². The van der Waals surface area contributed by atoms with Gasteiger partial charge in [0, 0.05) is 30.6 Å². The smallest absolute Gasteiger partial charge is 0.0982 e. The topological polar surface area (TPSA) is 29.0 Å². The van der Waals surface area contributed by atoms with E-state index < -0.39 is 0 Å². The second kappa shape index (κ2) is 6.21. The molecule has 1 aliphatic heterocycles. The van der Waals surface area contributed by atoms with Crippen molar-refractivity contribution in [1.29, 1.82) is 0 Å². The monoisotopic (exact) mass is 345 g/mol. The molecule has 2 aromatic carbocycles. The van der Waals surface area contributed by atoms with Crippen molar-refractivity contribution in [3.8, 4) is 0 Å². The van der Waals surface area contributed by atoms with Crippen LogP contribution in [0.1, 0.15) is 22.9 Å². The van der Waals surface area contributed by atoms with Crippen LogP contribution in [0.4, 0.5) is 0 Å². The zero-order valence-electron chi connectivity index (χ0n) is 13.9. The van der Waals surface area contributed by atoms with Gasteiger partial charge in [-0.05, 0) is 42.8 Å². The number of hydrogen-bond donors (Lipinski definition) is 0. The van der Waals surface area contributed by atoms with Gasteiger partial charge in [-0.25, -0.2) is 4.98 Å². The number of thiazole rings is 1. The first-order valence-electron chi connectivity index (χ1n) is 8.77. The summed E-state index contributed by atoms with van der Waals surface area (Å²) in [4.78, 5) is 12.0. The lowest BCUT2D eigenvalue weighted by molar-refractivity contribution is 0.326. The predicted molar refractivity (Wildman–Crippen MR) is 104 cm³/mol. The lowest BCUT2D eigenvalue weighted by atomic mass is 10.1. The Balaban J connectivity index is 1.32. The van der Waals surface area contributed by atoms with Gasteiger partial charge >= 0.3 is 0 Å². The van der Waals surface area contributed by atoms with Crippen molar-refractivity contribution < 1.29 is 0 Å². The molecular weight excluding hydrogens is 326 g/mol. The minimum absolute atomic E-state index is 0.561. The molecule has 1 saturated heterocycles. The lowest BCUT2D eigenvalue weighted by Gasteiger charge is -2.15. The van der Waals surface area contributed by atoms with Crippen LogP contribution in [0.25, 0.3) is 21.1 Å². The van der Waals surface area contributed by atoms with E-state index in [9.17, 15) is 0 Å². The van der Waals surface area contributed by atoms with Gasteiger partial charge in [-0.3, -0.25) is 9.88 Å². The van der Waals surface area contributed by atoms with E-state index in [2.05, 4.69) is 58.4 Å². The van der Waals surface area contributed by atoms with Gasteiger partial charge in [-0.2, -0.15) is 0 Å². The number of hydrogen-bond acceptors (Lipinski definition) is 4. The van der Waals surface area contributed by atoms with Crippen molar-refractivity contribution in [2.24, 2.45) is 0 Å². The van der Waals surface area contributed by atoms with Gasteiger partial charge < -0.3 is 0 Å².